The van der Waals surface area contributed by atoms with Gasteiger partial charge >= 0.3 is 6.09 Å². The van der Waals surface area contributed by atoms with E-state index in [0.29, 0.717) is 6.42 Å². The Hall–Kier alpha value is -1.56. The predicted octanol–water partition coefficient (Wildman–Crippen LogP) is 3.91. The number of halogens is 1. The van der Waals surface area contributed by atoms with Crippen LogP contribution in [-0.2, 0) is 9.53 Å². The van der Waals surface area contributed by atoms with Gasteiger partial charge in [-0.15, -0.1) is 0 Å². The summed E-state index contributed by atoms with van der Waals surface area (Å²) >= 11 is 3.47. The SMILES string of the molecule is CC(=O)N1c2ccc(Br)cc2[C@@H](NC(=O)OC2CCC2)C[C@H]1C. The van der Waals surface area contributed by atoms with Crippen LogP contribution in [0.4, 0.5) is 10.5 Å². The number of amides is 2. The van der Waals surface area contributed by atoms with Crippen LogP contribution in [0.3, 0.4) is 0 Å². The number of carbonyl (C=O) groups is 2. The molecule has 124 valence electrons. The molecule has 1 saturated carbocycles. The van der Waals surface area contributed by atoms with Crippen molar-refractivity contribution in [2.75, 3.05) is 4.90 Å². The molecule has 2 amide bonds. The molecule has 0 saturated heterocycles. The normalized spacial score (nSPS) is 23.7. The predicted molar refractivity (Wildman–Crippen MR) is 91.4 cm³/mol. The highest BCUT2D eigenvalue weighted by molar-refractivity contribution is 9.10. The molecule has 0 bridgehead atoms. The van der Waals surface area contributed by atoms with Crippen molar-refractivity contribution in [1.82, 2.24) is 5.32 Å². The fourth-order valence-corrected chi connectivity index (χ4v) is 3.65. The zero-order chi connectivity index (χ0) is 16.6. The number of fused-ring (bicyclic) bond motifs is 1. The Labute approximate surface area is 144 Å². The smallest absolute Gasteiger partial charge is 0.407 e. The molecule has 3 rings (SSSR count). The van der Waals surface area contributed by atoms with E-state index in [1.807, 2.05) is 25.1 Å². The van der Waals surface area contributed by atoms with Crippen molar-refractivity contribution < 1.29 is 14.3 Å². The Morgan fingerprint density at radius 3 is 2.70 bits per heavy atom. The molecule has 1 aliphatic heterocycles. The number of carbonyl (C=O) groups excluding carboxylic acids is 2. The standard InChI is InChI=1S/C17H21BrN2O3/c1-10-8-15(19-17(22)23-13-4-3-5-13)14-9-12(18)6-7-16(14)20(10)11(2)21/h6-7,9-10,13,15H,3-5,8H2,1-2H3,(H,19,22)/t10-,15+/m1/s1. The third-order valence-electron chi connectivity index (χ3n) is 4.60. The number of benzene rings is 1. The van der Waals surface area contributed by atoms with Gasteiger partial charge in [-0.2, -0.15) is 0 Å². The minimum absolute atomic E-state index is 0.0107. The van der Waals surface area contributed by atoms with Crippen molar-refractivity contribution in [3.05, 3.63) is 28.2 Å². The summed E-state index contributed by atoms with van der Waals surface area (Å²) in [5, 5.41) is 2.97. The van der Waals surface area contributed by atoms with Crippen LogP contribution in [0.15, 0.2) is 22.7 Å². The van der Waals surface area contributed by atoms with Gasteiger partial charge < -0.3 is 15.0 Å². The van der Waals surface area contributed by atoms with Crippen LogP contribution >= 0.6 is 15.9 Å². The number of alkyl carbamates (subject to hydrolysis) is 1. The van der Waals surface area contributed by atoms with Gasteiger partial charge in [0.2, 0.25) is 5.91 Å². The van der Waals surface area contributed by atoms with E-state index in [2.05, 4.69) is 21.2 Å². The van der Waals surface area contributed by atoms with Crippen LogP contribution in [0.2, 0.25) is 0 Å². The van der Waals surface area contributed by atoms with Crippen LogP contribution in [0.1, 0.15) is 51.1 Å². The zero-order valence-electron chi connectivity index (χ0n) is 13.3. The number of nitrogens with one attached hydrogen (secondary N) is 1. The number of hydrogen-bond acceptors (Lipinski definition) is 3. The molecule has 1 aromatic rings. The van der Waals surface area contributed by atoms with Gasteiger partial charge in [-0.3, -0.25) is 4.79 Å². The summed E-state index contributed by atoms with van der Waals surface area (Å²) in [5.41, 5.74) is 1.80. The first-order valence-corrected chi connectivity index (χ1v) is 8.81. The van der Waals surface area contributed by atoms with Crippen molar-refractivity contribution in [3.63, 3.8) is 0 Å². The molecular formula is C17H21BrN2O3. The van der Waals surface area contributed by atoms with Gasteiger partial charge in [0.25, 0.3) is 0 Å². The first kappa shape index (κ1) is 16.3. The second kappa shape index (κ2) is 6.51. The van der Waals surface area contributed by atoms with Crippen molar-refractivity contribution in [1.29, 1.82) is 0 Å². The van der Waals surface area contributed by atoms with Crippen LogP contribution in [0.25, 0.3) is 0 Å². The lowest BCUT2D eigenvalue weighted by Gasteiger charge is -2.39. The van der Waals surface area contributed by atoms with E-state index >= 15 is 0 Å². The lowest BCUT2D eigenvalue weighted by molar-refractivity contribution is -0.117. The fraction of sp³-hybridized carbons (Fsp3) is 0.529. The van der Waals surface area contributed by atoms with Crippen LogP contribution < -0.4 is 10.2 Å². The average Bonchev–Trinajstić information content (AvgIpc) is 2.43. The van der Waals surface area contributed by atoms with E-state index in [-0.39, 0.29) is 30.2 Å². The molecule has 23 heavy (non-hydrogen) atoms. The number of rotatable bonds is 2. The summed E-state index contributed by atoms with van der Waals surface area (Å²) in [6, 6.07) is 5.67. The maximum Gasteiger partial charge on any atom is 0.407 e. The summed E-state index contributed by atoms with van der Waals surface area (Å²) in [4.78, 5) is 25.9. The summed E-state index contributed by atoms with van der Waals surface area (Å²) in [5.74, 6) is 0.0107. The first-order valence-electron chi connectivity index (χ1n) is 8.02. The van der Waals surface area contributed by atoms with Crippen LogP contribution in [0.5, 0.6) is 0 Å². The lowest BCUT2D eigenvalue weighted by atomic mass is 9.91. The molecule has 0 spiro atoms. The summed E-state index contributed by atoms with van der Waals surface area (Å²) in [6.07, 6.45) is 3.40. The first-order chi connectivity index (χ1) is 11.0. The molecule has 2 atom stereocenters. The Bertz CT molecular complexity index is 630. The van der Waals surface area contributed by atoms with Gasteiger partial charge in [0.15, 0.2) is 0 Å². The van der Waals surface area contributed by atoms with Crippen molar-refractivity contribution in [2.24, 2.45) is 0 Å². The lowest BCUT2D eigenvalue weighted by Crippen LogP contribution is -2.46. The van der Waals surface area contributed by atoms with Crippen molar-refractivity contribution in [3.8, 4) is 0 Å². The van der Waals surface area contributed by atoms with Crippen molar-refractivity contribution >= 4 is 33.6 Å². The van der Waals surface area contributed by atoms with Gasteiger partial charge in [-0.25, -0.2) is 4.79 Å². The van der Waals surface area contributed by atoms with Gasteiger partial charge in [0.1, 0.15) is 6.10 Å². The molecule has 1 fully saturated rings. The molecule has 6 heteroatoms. The Balaban J connectivity index is 1.83. The summed E-state index contributed by atoms with van der Waals surface area (Å²) < 4.78 is 6.33. The topological polar surface area (TPSA) is 58.6 Å². The Morgan fingerprint density at radius 1 is 1.35 bits per heavy atom. The Morgan fingerprint density at radius 2 is 2.09 bits per heavy atom. The maximum atomic E-state index is 12.1. The molecule has 0 radical (unpaired) electrons. The highest BCUT2D eigenvalue weighted by atomic mass is 79.9. The van der Waals surface area contributed by atoms with Gasteiger partial charge in [-0.05, 0) is 56.4 Å². The molecule has 1 aromatic carbocycles. The van der Waals surface area contributed by atoms with E-state index in [0.717, 1.165) is 35.0 Å². The number of anilines is 1. The van der Waals surface area contributed by atoms with Crippen LogP contribution in [0, 0.1) is 0 Å². The molecule has 1 heterocycles. The van der Waals surface area contributed by atoms with E-state index in [4.69, 9.17) is 4.74 Å². The van der Waals surface area contributed by atoms with Gasteiger partial charge in [-0.1, -0.05) is 15.9 Å². The highest BCUT2D eigenvalue weighted by Gasteiger charge is 2.34. The Kier molecular flexibility index (Phi) is 4.62. The van der Waals surface area contributed by atoms with Gasteiger partial charge in [0.05, 0.1) is 6.04 Å². The van der Waals surface area contributed by atoms with E-state index < -0.39 is 0 Å². The average molecular weight is 381 g/mol. The third-order valence-corrected chi connectivity index (χ3v) is 5.09. The van der Waals surface area contributed by atoms with Gasteiger partial charge in [0, 0.05) is 23.1 Å². The molecule has 0 aromatic heterocycles. The van der Waals surface area contributed by atoms with Crippen LogP contribution in [-0.4, -0.2) is 24.1 Å². The largest absolute Gasteiger partial charge is 0.446 e. The second-order valence-corrected chi connectivity index (χ2v) is 7.25. The quantitative estimate of drug-likeness (QED) is 0.845. The summed E-state index contributed by atoms with van der Waals surface area (Å²) in [6.45, 7) is 3.57. The second-order valence-electron chi connectivity index (χ2n) is 6.33. The molecule has 5 nitrogen and oxygen atoms in total. The maximum absolute atomic E-state index is 12.1. The number of nitrogens with zero attached hydrogens (tertiary/aromatic N) is 1. The fourth-order valence-electron chi connectivity index (χ4n) is 3.27. The molecular weight excluding hydrogens is 360 g/mol. The molecule has 0 unspecified atom stereocenters. The minimum atomic E-state index is -0.367. The summed E-state index contributed by atoms with van der Waals surface area (Å²) in [7, 11) is 0. The molecule has 2 aliphatic rings. The number of hydrogen-bond donors (Lipinski definition) is 1. The monoisotopic (exact) mass is 380 g/mol. The molecule has 1 N–H and O–H groups in total. The third kappa shape index (κ3) is 3.37. The molecule has 1 aliphatic carbocycles. The van der Waals surface area contributed by atoms with E-state index in [1.165, 1.54) is 0 Å². The number of ether oxygens (including phenoxy) is 1. The van der Waals surface area contributed by atoms with E-state index in [9.17, 15) is 9.59 Å². The van der Waals surface area contributed by atoms with Crippen molar-refractivity contribution in [2.45, 2.75) is 57.7 Å². The zero-order valence-corrected chi connectivity index (χ0v) is 14.9. The highest BCUT2D eigenvalue weighted by Crippen LogP contribution is 2.38. The minimum Gasteiger partial charge on any atom is -0.446 e. The van der Waals surface area contributed by atoms with E-state index in [1.54, 1.807) is 11.8 Å².